The van der Waals surface area contributed by atoms with E-state index in [1.165, 1.54) is 70.5 Å². The third-order valence-electron chi connectivity index (χ3n) is 6.52. The van der Waals surface area contributed by atoms with Crippen LogP contribution < -0.4 is 15.0 Å². The van der Waals surface area contributed by atoms with Crippen molar-refractivity contribution in [2.75, 3.05) is 23.4 Å². The fraction of sp³-hybridized carbons (Fsp3) is 0.258. The summed E-state index contributed by atoms with van der Waals surface area (Å²) < 4.78 is 51.7. The number of rotatable bonds is 11. The van der Waals surface area contributed by atoms with Crippen molar-refractivity contribution in [3.05, 3.63) is 89.5 Å². The first-order valence-corrected chi connectivity index (χ1v) is 14.1. The van der Waals surface area contributed by atoms with E-state index >= 15 is 0 Å². The van der Waals surface area contributed by atoms with Gasteiger partial charge in [-0.2, -0.15) is 0 Å². The predicted molar refractivity (Wildman–Crippen MR) is 161 cm³/mol. The highest BCUT2D eigenvalue weighted by atomic mass is 32.1. The largest absolute Gasteiger partial charge is 0.573 e. The van der Waals surface area contributed by atoms with Gasteiger partial charge in [-0.05, 0) is 92.3 Å². The van der Waals surface area contributed by atoms with Gasteiger partial charge in [0.2, 0.25) is 5.91 Å². The van der Waals surface area contributed by atoms with Crippen molar-refractivity contribution < 1.29 is 46.6 Å². The zero-order valence-corrected chi connectivity index (χ0v) is 24.9. The van der Waals surface area contributed by atoms with Crippen LogP contribution in [0.1, 0.15) is 46.5 Å². The SMILES string of the molecule is CCOC(=O)c1ccc(NC(=O)CC2C(=O)N(c3ccc(C(=O)OCC)cc3)C(=S)N2Cc2ccc(OC(F)(F)F)cc2)cc1. The summed E-state index contributed by atoms with van der Waals surface area (Å²) in [4.78, 5) is 53.6. The fourth-order valence-corrected chi connectivity index (χ4v) is 4.88. The van der Waals surface area contributed by atoms with Crippen molar-refractivity contribution in [2.24, 2.45) is 0 Å². The van der Waals surface area contributed by atoms with Crippen molar-refractivity contribution in [2.45, 2.75) is 39.2 Å². The van der Waals surface area contributed by atoms with Crippen LogP contribution in [0.15, 0.2) is 72.8 Å². The van der Waals surface area contributed by atoms with Crippen LogP contribution in [-0.2, 0) is 25.6 Å². The van der Waals surface area contributed by atoms with Gasteiger partial charge in [0, 0.05) is 12.2 Å². The number of hydrogen-bond acceptors (Lipinski definition) is 8. The highest BCUT2D eigenvalue weighted by molar-refractivity contribution is 7.80. The first-order chi connectivity index (χ1) is 21.4. The Labute approximate surface area is 261 Å². The van der Waals surface area contributed by atoms with E-state index in [1.54, 1.807) is 13.8 Å². The van der Waals surface area contributed by atoms with Gasteiger partial charge in [0.25, 0.3) is 5.91 Å². The second-order valence-corrected chi connectivity index (χ2v) is 9.97. The molecule has 1 atom stereocenters. The molecule has 1 heterocycles. The summed E-state index contributed by atoms with van der Waals surface area (Å²) >= 11 is 5.65. The third-order valence-corrected chi connectivity index (χ3v) is 6.94. The van der Waals surface area contributed by atoms with Crippen LogP contribution >= 0.6 is 12.2 Å². The van der Waals surface area contributed by atoms with Gasteiger partial charge >= 0.3 is 18.3 Å². The molecule has 1 N–H and O–H groups in total. The van der Waals surface area contributed by atoms with Crippen LogP contribution in [0.3, 0.4) is 0 Å². The minimum atomic E-state index is -4.86. The highest BCUT2D eigenvalue weighted by Gasteiger charge is 2.44. The first-order valence-electron chi connectivity index (χ1n) is 13.7. The number of ether oxygens (including phenoxy) is 3. The van der Waals surface area contributed by atoms with E-state index in [4.69, 9.17) is 21.7 Å². The molecular weight excluding hydrogens is 615 g/mol. The van der Waals surface area contributed by atoms with E-state index in [1.807, 2.05) is 0 Å². The maximum atomic E-state index is 13.7. The Balaban J connectivity index is 1.56. The molecule has 2 amide bonds. The number of hydrogen-bond donors (Lipinski definition) is 1. The number of amides is 2. The molecule has 0 bridgehead atoms. The second kappa shape index (κ2) is 14.2. The average Bonchev–Trinajstić information content (AvgIpc) is 3.21. The molecule has 0 saturated carbocycles. The normalized spacial score (nSPS) is 14.7. The number of anilines is 2. The van der Waals surface area contributed by atoms with E-state index in [0.29, 0.717) is 22.5 Å². The molecule has 1 unspecified atom stereocenters. The van der Waals surface area contributed by atoms with E-state index < -0.39 is 41.9 Å². The fourth-order valence-electron chi connectivity index (χ4n) is 4.50. The average molecular weight is 644 g/mol. The zero-order chi connectivity index (χ0) is 32.7. The van der Waals surface area contributed by atoms with Crippen LogP contribution in [0, 0.1) is 0 Å². The van der Waals surface area contributed by atoms with Crippen molar-refractivity contribution in [1.29, 1.82) is 0 Å². The number of benzene rings is 3. The number of thiocarbonyl (C=S) groups is 1. The number of nitrogens with zero attached hydrogens (tertiary/aromatic N) is 2. The van der Waals surface area contributed by atoms with Gasteiger partial charge in [-0.3, -0.25) is 14.5 Å². The van der Waals surface area contributed by atoms with Gasteiger partial charge in [0.05, 0.1) is 36.4 Å². The number of alkyl halides is 3. The Morgan fingerprint density at radius 1 is 0.844 bits per heavy atom. The summed E-state index contributed by atoms with van der Waals surface area (Å²) in [6.07, 6.45) is -5.18. The maximum Gasteiger partial charge on any atom is 0.573 e. The van der Waals surface area contributed by atoms with Gasteiger partial charge in [0.1, 0.15) is 11.8 Å². The summed E-state index contributed by atoms with van der Waals surface area (Å²) in [6.45, 7) is 3.74. The Kier molecular flexibility index (Phi) is 10.4. The smallest absolute Gasteiger partial charge is 0.462 e. The van der Waals surface area contributed by atoms with Crippen LogP contribution in [0.4, 0.5) is 24.5 Å². The Morgan fingerprint density at radius 2 is 1.38 bits per heavy atom. The second-order valence-electron chi connectivity index (χ2n) is 9.61. The Hall–Kier alpha value is -4.98. The van der Waals surface area contributed by atoms with Gasteiger partial charge < -0.3 is 24.4 Å². The lowest BCUT2D eigenvalue weighted by atomic mass is 10.1. The lowest BCUT2D eigenvalue weighted by Crippen LogP contribution is -2.37. The predicted octanol–water partition coefficient (Wildman–Crippen LogP) is 5.47. The lowest BCUT2D eigenvalue weighted by Gasteiger charge is -2.24. The maximum absolute atomic E-state index is 13.7. The number of carbonyl (C=O) groups is 4. The molecule has 3 aromatic rings. The third kappa shape index (κ3) is 8.35. The van der Waals surface area contributed by atoms with E-state index in [9.17, 15) is 32.3 Å². The molecule has 45 heavy (non-hydrogen) atoms. The lowest BCUT2D eigenvalue weighted by molar-refractivity contribution is -0.274. The first kappa shape index (κ1) is 32.9. The van der Waals surface area contributed by atoms with Crippen LogP contribution in [0.2, 0.25) is 0 Å². The van der Waals surface area contributed by atoms with Crippen molar-refractivity contribution in [1.82, 2.24) is 4.90 Å². The topological polar surface area (TPSA) is 114 Å². The Morgan fingerprint density at radius 3 is 1.89 bits per heavy atom. The van der Waals surface area contributed by atoms with Crippen molar-refractivity contribution in [3.63, 3.8) is 0 Å². The van der Waals surface area contributed by atoms with Crippen LogP contribution in [0.25, 0.3) is 0 Å². The zero-order valence-electron chi connectivity index (χ0n) is 24.1. The monoisotopic (exact) mass is 643 g/mol. The molecule has 3 aromatic carbocycles. The molecule has 1 aliphatic rings. The Bertz CT molecular complexity index is 1560. The number of halogens is 3. The molecule has 1 aliphatic heterocycles. The standard InChI is InChI=1S/C31H28F3N3O7S/c1-3-42-28(40)20-7-11-22(12-8-20)35-26(38)17-25-27(39)37(23-13-9-21(10-14-23)29(41)43-4-2)30(45)36(25)18-19-5-15-24(16-6-19)44-31(32,33)34/h5-16,25H,3-4,17-18H2,1-2H3,(H,35,38). The summed E-state index contributed by atoms with van der Waals surface area (Å²) in [7, 11) is 0. The van der Waals surface area contributed by atoms with E-state index in [0.717, 1.165) is 12.1 Å². The van der Waals surface area contributed by atoms with Crippen molar-refractivity contribution in [3.8, 4) is 5.75 Å². The molecule has 1 fully saturated rings. The molecule has 1 saturated heterocycles. The highest BCUT2D eigenvalue weighted by Crippen LogP contribution is 2.30. The summed E-state index contributed by atoms with van der Waals surface area (Å²) in [5.74, 6) is -2.51. The number of esters is 2. The molecule has 4 rings (SSSR count). The van der Waals surface area contributed by atoms with Crippen LogP contribution in [0.5, 0.6) is 5.75 Å². The van der Waals surface area contributed by atoms with Gasteiger partial charge in [-0.1, -0.05) is 12.1 Å². The van der Waals surface area contributed by atoms with Gasteiger partial charge in [0.15, 0.2) is 5.11 Å². The molecule has 0 spiro atoms. The molecule has 10 nitrogen and oxygen atoms in total. The number of nitrogens with one attached hydrogen (secondary N) is 1. The van der Waals surface area contributed by atoms with E-state index in [2.05, 4.69) is 10.1 Å². The molecule has 0 aromatic heterocycles. The molecule has 236 valence electrons. The summed E-state index contributed by atoms with van der Waals surface area (Å²) in [6, 6.07) is 16.0. The molecule has 14 heteroatoms. The molecule has 0 aliphatic carbocycles. The minimum absolute atomic E-state index is 0.0134. The summed E-state index contributed by atoms with van der Waals surface area (Å²) in [5.41, 5.74) is 1.78. The van der Waals surface area contributed by atoms with Crippen LogP contribution in [-0.4, -0.2) is 59.4 Å². The molecular formula is C31H28F3N3O7S. The van der Waals surface area contributed by atoms with Gasteiger partial charge in [-0.15, -0.1) is 13.2 Å². The quantitative estimate of drug-likeness (QED) is 0.215. The minimum Gasteiger partial charge on any atom is -0.462 e. The summed E-state index contributed by atoms with van der Waals surface area (Å²) in [5, 5.41) is 2.75. The van der Waals surface area contributed by atoms with Gasteiger partial charge in [-0.25, -0.2) is 9.59 Å². The van der Waals surface area contributed by atoms with Crippen molar-refractivity contribution >= 4 is 52.5 Å². The molecule has 0 radical (unpaired) electrons. The number of carbonyl (C=O) groups excluding carboxylic acids is 4. The van der Waals surface area contributed by atoms with E-state index in [-0.39, 0.29) is 36.9 Å².